The molecule has 2 rings (SSSR count). The highest BCUT2D eigenvalue weighted by atomic mass is 16.5. The summed E-state index contributed by atoms with van der Waals surface area (Å²) in [6, 6.07) is 0.130. The van der Waals surface area contributed by atoms with Crippen LogP contribution < -0.4 is 5.73 Å². The summed E-state index contributed by atoms with van der Waals surface area (Å²) in [5, 5.41) is 0. The van der Waals surface area contributed by atoms with E-state index >= 15 is 0 Å². The van der Waals surface area contributed by atoms with Gasteiger partial charge in [-0.3, -0.25) is 9.69 Å². The van der Waals surface area contributed by atoms with Crippen LogP contribution in [0.3, 0.4) is 0 Å². The normalized spacial score (nSPS) is 25.1. The zero-order valence-corrected chi connectivity index (χ0v) is 13.4. The lowest BCUT2D eigenvalue weighted by Crippen LogP contribution is -2.47. The molecule has 5 heteroatoms. The van der Waals surface area contributed by atoms with Crippen LogP contribution in [0, 0.1) is 0 Å². The third-order valence-corrected chi connectivity index (χ3v) is 4.78. The standard InChI is InChI=1S/C16H31N3O2/c1-18(13-15-7-3-6-10-21-15)14(12-17)11-16(20)19-8-4-2-5-9-19/h14-15H,2-13,17H2,1H3. The Morgan fingerprint density at radius 3 is 2.67 bits per heavy atom. The molecule has 5 nitrogen and oxygen atoms in total. The number of piperidine rings is 1. The summed E-state index contributed by atoms with van der Waals surface area (Å²) in [6.45, 7) is 4.13. The predicted octanol–water partition coefficient (Wildman–Crippen LogP) is 1.22. The van der Waals surface area contributed by atoms with Crippen LogP contribution in [-0.2, 0) is 9.53 Å². The molecule has 2 saturated heterocycles. The van der Waals surface area contributed by atoms with Gasteiger partial charge in [0, 0.05) is 45.2 Å². The largest absolute Gasteiger partial charge is 0.377 e. The Morgan fingerprint density at radius 2 is 2.05 bits per heavy atom. The van der Waals surface area contributed by atoms with Crippen LogP contribution in [0.1, 0.15) is 44.9 Å². The molecule has 0 saturated carbocycles. The average Bonchev–Trinajstić information content (AvgIpc) is 2.54. The first-order chi connectivity index (χ1) is 10.2. The molecule has 0 aromatic rings. The highest BCUT2D eigenvalue weighted by Crippen LogP contribution is 2.16. The van der Waals surface area contributed by atoms with Gasteiger partial charge in [0.25, 0.3) is 0 Å². The van der Waals surface area contributed by atoms with Crippen LogP contribution in [0.4, 0.5) is 0 Å². The minimum atomic E-state index is 0.130. The van der Waals surface area contributed by atoms with Gasteiger partial charge in [-0.15, -0.1) is 0 Å². The summed E-state index contributed by atoms with van der Waals surface area (Å²) < 4.78 is 5.79. The molecule has 0 aromatic carbocycles. The van der Waals surface area contributed by atoms with Gasteiger partial charge >= 0.3 is 0 Å². The second kappa shape index (κ2) is 8.71. The maximum atomic E-state index is 12.4. The van der Waals surface area contributed by atoms with Crippen molar-refractivity contribution in [2.45, 2.75) is 57.1 Å². The number of amides is 1. The highest BCUT2D eigenvalue weighted by molar-refractivity contribution is 5.76. The van der Waals surface area contributed by atoms with E-state index in [1.54, 1.807) is 0 Å². The minimum Gasteiger partial charge on any atom is -0.377 e. The van der Waals surface area contributed by atoms with Crippen molar-refractivity contribution >= 4 is 5.91 Å². The lowest BCUT2D eigenvalue weighted by molar-refractivity contribution is -0.133. The average molecular weight is 297 g/mol. The molecule has 2 heterocycles. The number of likely N-dealkylation sites (N-methyl/N-ethyl adjacent to an activating group) is 1. The molecule has 2 aliphatic rings. The first-order valence-corrected chi connectivity index (χ1v) is 8.50. The van der Waals surface area contributed by atoms with Crippen LogP contribution in [0.2, 0.25) is 0 Å². The maximum Gasteiger partial charge on any atom is 0.224 e. The smallest absolute Gasteiger partial charge is 0.224 e. The van der Waals surface area contributed by atoms with E-state index in [2.05, 4.69) is 11.9 Å². The number of carbonyl (C=O) groups excluding carboxylic acids is 1. The van der Waals surface area contributed by atoms with E-state index in [-0.39, 0.29) is 11.9 Å². The molecule has 2 atom stereocenters. The number of carbonyl (C=O) groups is 1. The maximum absolute atomic E-state index is 12.4. The molecular weight excluding hydrogens is 266 g/mol. The van der Waals surface area contributed by atoms with E-state index in [1.165, 1.54) is 19.3 Å². The number of ether oxygens (including phenoxy) is 1. The summed E-state index contributed by atoms with van der Waals surface area (Å²) in [5.41, 5.74) is 5.90. The van der Waals surface area contributed by atoms with Gasteiger partial charge in [0.15, 0.2) is 0 Å². The van der Waals surface area contributed by atoms with E-state index in [1.807, 2.05) is 4.90 Å². The number of rotatable bonds is 6. The number of hydrogen-bond donors (Lipinski definition) is 1. The Hall–Kier alpha value is -0.650. The third-order valence-electron chi connectivity index (χ3n) is 4.78. The van der Waals surface area contributed by atoms with E-state index in [9.17, 15) is 4.79 Å². The van der Waals surface area contributed by atoms with E-state index < -0.39 is 0 Å². The van der Waals surface area contributed by atoms with Gasteiger partial charge in [-0.05, 0) is 45.6 Å². The lowest BCUT2D eigenvalue weighted by Gasteiger charge is -2.34. The Bertz CT molecular complexity index is 313. The van der Waals surface area contributed by atoms with Gasteiger partial charge in [0.1, 0.15) is 0 Å². The van der Waals surface area contributed by atoms with Crippen molar-refractivity contribution in [2.75, 3.05) is 39.8 Å². The quantitative estimate of drug-likeness (QED) is 0.801. The molecule has 2 aliphatic heterocycles. The predicted molar refractivity (Wildman–Crippen MR) is 84.1 cm³/mol. The van der Waals surface area contributed by atoms with Gasteiger partial charge in [-0.2, -0.15) is 0 Å². The van der Waals surface area contributed by atoms with Crippen LogP contribution in [0.15, 0.2) is 0 Å². The summed E-state index contributed by atoms with van der Waals surface area (Å²) in [5.74, 6) is 0.265. The van der Waals surface area contributed by atoms with E-state index in [0.717, 1.165) is 45.5 Å². The molecule has 2 unspecified atom stereocenters. The molecule has 0 aromatic heterocycles. The number of nitrogens with zero attached hydrogens (tertiary/aromatic N) is 2. The van der Waals surface area contributed by atoms with Crippen molar-refractivity contribution < 1.29 is 9.53 Å². The first kappa shape index (κ1) is 16.7. The Kier molecular flexibility index (Phi) is 6.93. The molecule has 0 spiro atoms. The van der Waals surface area contributed by atoms with Crippen molar-refractivity contribution in [3.63, 3.8) is 0 Å². The Labute approximate surface area is 128 Å². The lowest BCUT2D eigenvalue weighted by atomic mass is 10.1. The van der Waals surface area contributed by atoms with Crippen LogP contribution in [0.25, 0.3) is 0 Å². The van der Waals surface area contributed by atoms with E-state index in [0.29, 0.717) is 19.1 Å². The Morgan fingerprint density at radius 1 is 1.29 bits per heavy atom. The molecule has 0 aliphatic carbocycles. The molecule has 122 valence electrons. The number of hydrogen-bond acceptors (Lipinski definition) is 4. The number of nitrogens with two attached hydrogens (primary N) is 1. The monoisotopic (exact) mass is 297 g/mol. The van der Waals surface area contributed by atoms with Gasteiger partial charge in [-0.1, -0.05) is 0 Å². The van der Waals surface area contributed by atoms with Crippen molar-refractivity contribution in [3.05, 3.63) is 0 Å². The van der Waals surface area contributed by atoms with Gasteiger partial charge in [0.2, 0.25) is 5.91 Å². The SMILES string of the molecule is CN(CC1CCCCO1)C(CN)CC(=O)N1CCCCC1. The van der Waals surface area contributed by atoms with Gasteiger partial charge in [0.05, 0.1) is 6.10 Å². The molecule has 1 amide bonds. The summed E-state index contributed by atoms with van der Waals surface area (Å²) in [6.07, 6.45) is 7.94. The fourth-order valence-corrected chi connectivity index (χ4v) is 3.31. The zero-order chi connectivity index (χ0) is 15.1. The Balaban J connectivity index is 1.78. The second-order valence-corrected chi connectivity index (χ2v) is 6.46. The summed E-state index contributed by atoms with van der Waals surface area (Å²) in [4.78, 5) is 16.6. The molecule has 0 radical (unpaired) electrons. The summed E-state index contributed by atoms with van der Waals surface area (Å²) >= 11 is 0. The molecule has 21 heavy (non-hydrogen) atoms. The second-order valence-electron chi connectivity index (χ2n) is 6.46. The van der Waals surface area contributed by atoms with Crippen LogP contribution >= 0.6 is 0 Å². The molecule has 0 bridgehead atoms. The first-order valence-electron chi connectivity index (χ1n) is 8.50. The molecular formula is C16H31N3O2. The van der Waals surface area contributed by atoms with Gasteiger partial charge in [-0.25, -0.2) is 0 Å². The third kappa shape index (κ3) is 5.24. The summed E-state index contributed by atoms with van der Waals surface area (Å²) in [7, 11) is 2.07. The minimum absolute atomic E-state index is 0.130. The highest BCUT2D eigenvalue weighted by Gasteiger charge is 2.25. The van der Waals surface area contributed by atoms with Crippen molar-refractivity contribution in [2.24, 2.45) is 5.73 Å². The number of likely N-dealkylation sites (tertiary alicyclic amines) is 1. The van der Waals surface area contributed by atoms with Crippen molar-refractivity contribution in [1.29, 1.82) is 0 Å². The fraction of sp³-hybridized carbons (Fsp3) is 0.938. The fourth-order valence-electron chi connectivity index (χ4n) is 3.31. The topological polar surface area (TPSA) is 58.8 Å². The van der Waals surface area contributed by atoms with Crippen molar-refractivity contribution in [3.8, 4) is 0 Å². The zero-order valence-electron chi connectivity index (χ0n) is 13.4. The van der Waals surface area contributed by atoms with Crippen molar-refractivity contribution in [1.82, 2.24) is 9.80 Å². The van der Waals surface area contributed by atoms with Gasteiger partial charge < -0.3 is 15.4 Å². The molecule has 2 N–H and O–H groups in total. The van der Waals surface area contributed by atoms with Crippen LogP contribution in [-0.4, -0.2) is 67.7 Å². The van der Waals surface area contributed by atoms with E-state index in [4.69, 9.17) is 10.5 Å². The van der Waals surface area contributed by atoms with Crippen LogP contribution in [0.5, 0.6) is 0 Å². The molecule has 2 fully saturated rings.